The molecule has 6 heteroatoms. The van der Waals surface area contributed by atoms with Crippen LogP contribution in [0.4, 0.5) is 5.69 Å². The molecule has 2 rings (SSSR count). The van der Waals surface area contributed by atoms with Gasteiger partial charge in [0, 0.05) is 0 Å². The Morgan fingerprint density at radius 2 is 1.86 bits per heavy atom. The summed E-state index contributed by atoms with van der Waals surface area (Å²) < 4.78 is 27.4. The van der Waals surface area contributed by atoms with Crippen LogP contribution in [0.2, 0.25) is 5.02 Å². The van der Waals surface area contributed by atoms with Crippen LogP contribution in [0.5, 0.6) is 0 Å². The van der Waals surface area contributed by atoms with Gasteiger partial charge in [-0.1, -0.05) is 23.7 Å². The van der Waals surface area contributed by atoms with Gasteiger partial charge in [-0.3, -0.25) is 4.72 Å². The summed E-state index contributed by atoms with van der Waals surface area (Å²) >= 11 is 5.98. The van der Waals surface area contributed by atoms with E-state index in [1.807, 2.05) is 19.1 Å². The average molecular weight is 321 g/mol. The first-order valence-electron chi connectivity index (χ1n) is 6.13. The predicted octanol–water partition coefficient (Wildman–Crippen LogP) is 3.63. The Morgan fingerprint density at radius 3 is 2.52 bits per heavy atom. The number of aryl methyl sites for hydroxylation is 2. The fourth-order valence-electron chi connectivity index (χ4n) is 1.87. The summed E-state index contributed by atoms with van der Waals surface area (Å²) in [6.45, 7) is 3.54. The fraction of sp³-hybridized carbons (Fsp3) is 0.133. The van der Waals surface area contributed by atoms with Crippen LogP contribution in [-0.4, -0.2) is 8.42 Å². The van der Waals surface area contributed by atoms with Gasteiger partial charge in [-0.25, -0.2) is 8.42 Å². The summed E-state index contributed by atoms with van der Waals surface area (Å²) in [5.41, 5.74) is 2.01. The molecule has 0 saturated carbocycles. The van der Waals surface area contributed by atoms with Crippen molar-refractivity contribution in [1.82, 2.24) is 0 Å². The predicted molar refractivity (Wildman–Crippen MR) is 82.9 cm³/mol. The summed E-state index contributed by atoms with van der Waals surface area (Å²) in [4.78, 5) is 0.195. The molecule has 0 atom stereocenters. The van der Waals surface area contributed by atoms with E-state index >= 15 is 0 Å². The minimum absolute atomic E-state index is 0.191. The van der Waals surface area contributed by atoms with Crippen molar-refractivity contribution in [3.05, 3.63) is 58.1 Å². The van der Waals surface area contributed by atoms with E-state index in [1.54, 1.807) is 19.1 Å². The zero-order valence-corrected chi connectivity index (χ0v) is 13.1. The Hall–Kier alpha value is -2.03. The standard InChI is InChI=1S/C15H13ClN2O2S/c1-10-3-4-11(2)15(7-10)21(19,20)18-14-8-12(9-17)5-6-13(14)16/h3-8,18H,1-2H3. The molecule has 2 aromatic rings. The molecule has 0 amide bonds. The second-order valence-electron chi connectivity index (χ2n) is 4.68. The highest BCUT2D eigenvalue weighted by atomic mass is 35.5. The van der Waals surface area contributed by atoms with Crippen LogP contribution in [0.3, 0.4) is 0 Å². The molecule has 108 valence electrons. The molecule has 0 radical (unpaired) electrons. The normalized spacial score (nSPS) is 11.0. The Kier molecular flexibility index (Phi) is 4.21. The Labute approximate surface area is 129 Å². The van der Waals surface area contributed by atoms with Crippen molar-refractivity contribution in [3.63, 3.8) is 0 Å². The molecular formula is C15H13ClN2O2S. The number of sulfonamides is 1. The lowest BCUT2D eigenvalue weighted by Crippen LogP contribution is -2.15. The van der Waals surface area contributed by atoms with E-state index in [0.717, 1.165) is 5.56 Å². The Morgan fingerprint density at radius 1 is 1.14 bits per heavy atom. The molecule has 2 aromatic carbocycles. The first-order chi connectivity index (χ1) is 9.83. The van der Waals surface area contributed by atoms with Gasteiger partial charge in [-0.15, -0.1) is 0 Å². The van der Waals surface area contributed by atoms with E-state index in [2.05, 4.69) is 4.72 Å². The molecule has 1 N–H and O–H groups in total. The number of nitrogens with one attached hydrogen (secondary N) is 1. The summed E-state index contributed by atoms with van der Waals surface area (Å²) in [6.07, 6.45) is 0. The number of anilines is 1. The first-order valence-corrected chi connectivity index (χ1v) is 7.99. The Bertz CT molecular complexity index is 839. The van der Waals surface area contributed by atoms with Crippen molar-refractivity contribution >= 4 is 27.3 Å². The summed E-state index contributed by atoms with van der Waals surface area (Å²) in [7, 11) is -3.76. The van der Waals surface area contributed by atoms with Gasteiger partial charge in [0.1, 0.15) is 0 Å². The summed E-state index contributed by atoms with van der Waals surface area (Å²) in [5, 5.41) is 9.12. The molecule has 0 aliphatic carbocycles. The van der Waals surface area contributed by atoms with Crippen molar-refractivity contribution in [2.45, 2.75) is 18.7 Å². The lowest BCUT2D eigenvalue weighted by atomic mass is 10.2. The molecule has 21 heavy (non-hydrogen) atoms. The van der Waals surface area contributed by atoms with Crippen LogP contribution in [0.25, 0.3) is 0 Å². The summed E-state index contributed by atoms with van der Waals surface area (Å²) in [5.74, 6) is 0. The van der Waals surface area contributed by atoms with E-state index in [9.17, 15) is 8.42 Å². The van der Waals surface area contributed by atoms with Crippen LogP contribution in [0, 0.1) is 25.2 Å². The average Bonchev–Trinajstić information content (AvgIpc) is 2.43. The van der Waals surface area contributed by atoms with Gasteiger partial charge >= 0.3 is 0 Å². The molecule has 0 heterocycles. The fourth-order valence-corrected chi connectivity index (χ4v) is 3.49. The first kappa shape index (κ1) is 15.4. The molecule has 0 spiro atoms. The molecule has 0 aromatic heterocycles. The van der Waals surface area contributed by atoms with Gasteiger partial charge in [0.2, 0.25) is 0 Å². The van der Waals surface area contributed by atoms with Gasteiger partial charge in [0.15, 0.2) is 0 Å². The number of rotatable bonds is 3. The topological polar surface area (TPSA) is 70.0 Å². The van der Waals surface area contributed by atoms with E-state index in [4.69, 9.17) is 16.9 Å². The monoisotopic (exact) mass is 320 g/mol. The van der Waals surface area contributed by atoms with Gasteiger partial charge < -0.3 is 0 Å². The van der Waals surface area contributed by atoms with Crippen LogP contribution < -0.4 is 4.72 Å². The third kappa shape index (κ3) is 3.35. The van der Waals surface area contributed by atoms with Crippen LogP contribution >= 0.6 is 11.6 Å². The van der Waals surface area contributed by atoms with Gasteiger partial charge in [0.25, 0.3) is 10.0 Å². The molecular weight excluding hydrogens is 308 g/mol. The molecule has 0 unspecified atom stereocenters. The maximum atomic E-state index is 12.5. The number of hydrogen-bond donors (Lipinski definition) is 1. The van der Waals surface area contributed by atoms with Crippen molar-refractivity contribution in [2.24, 2.45) is 0 Å². The summed E-state index contributed by atoms with van der Waals surface area (Å²) in [6, 6.07) is 11.6. The van der Waals surface area contributed by atoms with Crippen molar-refractivity contribution in [1.29, 1.82) is 5.26 Å². The van der Waals surface area contributed by atoms with E-state index in [1.165, 1.54) is 18.2 Å². The third-order valence-electron chi connectivity index (χ3n) is 2.97. The zero-order chi connectivity index (χ0) is 15.6. The van der Waals surface area contributed by atoms with Crippen molar-refractivity contribution in [3.8, 4) is 6.07 Å². The largest absolute Gasteiger partial charge is 0.278 e. The number of nitrogens with zero attached hydrogens (tertiary/aromatic N) is 1. The highest BCUT2D eigenvalue weighted by molar-refractivity contribution is 7.92. The quantitative estimate of drug-likeness (QED) is 0.938. The van der Waals surface area contributed by atoms with Crippen molar-refractivity contribution < 1.29 is 8.42 Å². The molecule has 0 saturated heterocycles. The van der Waals surface area contributed by atoms with Gasteiger partial charge in [-0.2, -0.15) is 5.26 Å². The number of hydrogen-bond acceptors (Lipinski definition) is 3. The highest BCUT2D eigenvalue weighted by Crippen LogP contribution is 2.27. The second-order valence-corrected chi connectivity index (χ2v) is 6.74. The minimum Gasteiger partial charge on any atom is -0.278 e. The lowest BCUT2D eigenvalue weighted by molar-refractivity contribution is 0.600. The van der Waals surface area contributed by atoms with Crippen LogP contribution in [0.15, 0.2) is 41.3 Å². The van der Waals surface area contributed by atoms with Gasteiger partial charge in [-0.05, 0) is 49.2 Å². The molecule has 4 nitrogen and oxygen atoms in total. The smallest absolute Gasteiger partial charge is 0.262 e. The highest BCUT2D eigenvalue weighted by Gasteiger charge is 2.18. The van der Waals surface area contributed by atoms with Crippen LogP contribution in [0.1, 0.15) is 16.7 Å². The van der Waals surface area contributed by atoms with Crippen LogP contribution in [-0.2, 0) is 10.0 Å². The van der Waals surface area contributed by atoms with E-state index in [-0.39, 0.29) is 15.6 Å². The van der Waals surface area contributed by atoms with Crippen molar-refractivity contribution in [2.75, 3.05) is 4.72 Å². The zero-order valence-electron chi connectivity index (χ0n) is 11.5. The maximum Gasteiger partial charge on any atom is 0.262 e. The minimum atomic E-state index is -3.76. The number of halogens is 1. The van der Waals surface area contributed by atoms with E-state index < -0.39 is 10.0 Å². The molecule has 0 fully saturated rings. The second kappa shape index (κ2) is 5.76. The van der Waals surface area contributed by atoms with E-state index in [0.29, 0.717) is 11.1 Å². The lowest BCUT2D eigenvalue weighted by Gasteiger charge is -2.12. The van der Waals surface area contributed by atoms with Gasteiger partial charge in [0.05, 0.1) is 27.2 Å². The number of nitriles is 1. The maximum absolute atomic E-state index is 12.5. The third-order valence-corrected chi connectivity index (χ3v) is 4.81. The molecule has 0 bridgehead atoms. The Balaban J connectivity index is 2.47. The number of benzene rings is 2. The SMILES string of the molecule is Cc1ccc(C)c(S(=O)(=O)Nc2cc(C#N)ccc2Cl)c1. The molecule has 0 aliphatic rings. The molecule has 0 aliphatic heterocycles.